The monoisotopic (exact) mass is 291 g/mol. The summed E-state index contributed by atoms with van der Waals surface area (Å²) < 4.78 is 27.7. The fourth-order valence-electron chi connectivity index (χ4n) is 1.77. The Labute approximate surface area is 116 Å². The lowest BCUT2D eigenvalue weighted by molar-refractivity contribution is 0.0537. The maximum atomic E-state index is 12.6. The van der Waals surface area contributed by atoms with Crippen molar-refractivity contribution in [1.82, 2.24) is 19.6 Å². The Morgan fingerprint density at radius 2 is 2.16 bits per heavy atom. The second kappa shape index (κ2) is 6.51. The fourth-order valence-corrected chi connectivity index (χ4v) is 1.77. The normalized spacial score (nSPS) is 10.6. The molecular formula is C11H16ClF2N5. The number of nitrogens with zero attached hydrogens (tertiary/aromatic N) is 4. The number of hydrogen-bond donors (Lipinski definition) is 1. The fraction of sp³-hybridized carbons (Fsp3) is 0.455. The van der Waals surface area contributed by atoms with E-state index in [1.54, 1.807) is 10.7 Å². The second-order valence-electron chi connectivity index (χ2n) is 3.89. The van der Waals surface area contributed by atoms with E-state index in [1.165, 1.54) is 6.20 Å². The zero-order chi connectivity index (χ0) is 13.1. The molecule has 0 saturated carbocycles. The second-order valence-corrected chi connectivity index (χ2v) is 3.89. The summed E-state index contributed by atoms with van der Waals surface area (Å²) >= 11 is 0. The van der Waals surface area contributed by atoms with Gasteiger partial charge in [0.2, 0.25) is 0 Å². The highest BCUT2D eigenvalue weighted by Crippen LogP contribution is 2.15. The topological polar surface area (TPSA) is 47.7 Å². The first kappa shape index (κ1) is 15.4. The Bertz CT molecular complexity index is 523. The molecule has 1 N–H and O–H groups in total. The third-order valence-corrected chi connectivity index (χ3v) is 2.59. The lowest BCUT2D eigenvalue weighted by Crippen LogP contribution is -2.12. The summed E-state index contributed by atoms with van der Waals surface area (Å²) in [6.07, 6.45) is 1.37. The Kier molecular flexibility index (Phi) is 5.29. The van der Waals surface area contributed by atoms with E-state index in [-0.39, 0.29) is 19.0 Å². The minimum atomic E-state index is -2.62. The number of anilines is 1. The highest BCUT2D eigenvalue weighted by Gasteiger charge is 2.12. The van der Waals surface area contributed by atoms with Crippen molar-refractivity contribution in [1.29, 1.82) is 0 Å². The van der Waals surface area contributed by atoms with Crippen LogP contribution in [0.25, 0.3) is 0 Å². The van der Waals surface area contributed by atoms with Gasteiger partial charge in [0.1, 0.15) is 5.82 Å². The zero-order valence-corrected chi connectivity index (χ0v) is 11.5. The summed E-state index contributed by atoms with van der Waals surface area (Å²) in [7, 11) is 0. The van der Waals surface area contributed by atoms with E-state index in [1.807, 2.05) is 19.9 Å². The SMILES string of the molecule is CCn1nc(C)cc1NCc1ccnn1C(F)F.Cl. The van der Waals surface area contributed by atoms with Gasteiger partial charge in [-0.1, -0.05) is 0 Å². The first-order chi connectivity index (χ1) is 8.61. The molecule has 2 rings (SSSR count). The van der Waals surface area contributed by atoms with Crippen LogP contribution in [0, 0.1) is 6.92 Å². The van der Waals surface area contributed by atoms with Crippen LogP contribution >= 0.6 is 12.4 Å². The Balaban J connectivity index is 0.00000180. The molecule has 0 saturated heterocycles. The lowest BCUT2D eigenvalue weighted by Gasteiger charge is -2.09. The third-order valence-electron chi connectivity index (χ3n) is 2.59. The number of alkyl halides is 2. The maximum Gasteiger partial charge on any atom is 0.333 e. The minimum Gasteiger partial charge on any atom is -0.365 e. The van der Waals surface area contributed by atoms with Crippen molar-refractivity contribution in [2.24, 2.45) is 0 Å². The molecule has 2 aromatic heterocycles. The molecule has 0 unspecified atom stereocenters. The molecule has 106 valence electrons. The molecule has 0 atom stereocenters. The van der Waals surface area contributed by atoms with Gasteiger partial charge in [-0.3, -0.25) is 0 Å². The number of rotatable bonds is 5. The predicted octanol–water partition coefficient (Wildman–Crippen LogP) is 2.84. The van der Waals surface area contributed by atoms with Gasteiger partial charge in [-0.25, -0.2) is 9.36 Å². The summed E-state index contributed by atoms with van der Waals surface area (Å²) in [5.74, 6) is 0.817. The zero-order valence-electron chi connectivity index (χ0n) is 10.7. The van der Waals surface area contributed by atoms with Gasteiger partial charge in [0.05, 0.1) is 17.9 Å². The maximum absolute atomic E-state index is 12.6. The molecular weight excluding hydrogens is 276 g/mol. The van der Waals surface area contributed by atoms with Crippen LogP contribution in [0.1, 0.15) is 24.9 Å². The van der Waals surface area contributed by atoms with Crippen LogP contribution < -0.4 is 5.32 Å². The van der Waals surface area contributed by atoms with E-state index in [0.29, 0.717) is 10.4 Å². The average molecular weight is 292 g/mol. The van der Waals surface area contributed by atoms with Gasteiger partial charge in [-0.05, 0) is 19.9 Å². The number of halogens is 3. The van der Waals surface area contributed by atoms with Crippen molar-refractivity contribution in [2.45, 2.75) is 33.5 Å². The minimum absolute atomic E-state index is 0. The first-order valence-electron chi connectivity index (χ1n) is 5.70. The van der Waals surface area contributed by atoms with Crippen LogP contribution in [0.2, 0.25) is 0 Å². The molecule has 0 aromatic carbocycles. The Hall–Kier alpha value is -1.63. The van der Waals surface area contributed by atoms with Crippen LogP contribution in [0.15, 0.2) is 18.3 Å². The molecule has 0 amide bonds. The van der Waals surface area contributed by atoms with Gasteiger partial charge < -0.3 is 5.32 Å². The standard InChI is InChI=1S/C11H15F2N5.ClH/c1-3-17-10(6-8(2)16-17)14-7-9-4-5-15-18(9)11(12)13;/h4-6,11,14H,3,7H2,1-2H3;1H. The van der Waals surface area contributed by atoms with Gasteiger partial charge in [0, 0.05) is 18.8 Å². The summed E-state index contributed by atoms with van der Waals surface area (Å²) in [6.45, 7) is 2.26. The van der Waals surface area contributed by atoms with E-state index in [0.717, 1.165) is 18.1 Å². The quantitative estimate of drug-likeness (QED) is 0.921. The predicted molar refractivity (Wildman–Crippen MR) is 70.7 cm³/mol. The molecule has 2 aromatic rings. The van der Waals surface area contributed by atoms with Crippen molar-refractivity contribution in [3.63, 3.8) is 0 Å². The van der Waals surface area contributed by atoms with E-state index in [4.69, 9.17) is 0 Å². The number of nitrogens with one attached hydrogen (secondary N) is 1. The highest BCUT2D eigenvalue weighted by molar-refractivity contribution is 5.85. The summed E-state index contributed by atoms with van der Waals surface area (Å²) in [5, 5.41) is 10.9. The van der Waals surface area contributed by atoms with Crippen LogP contribution in [0.3, 0.4) is 0 Å². The molecule has 0 radical (unpaired) electrons. The van der Waals surface area contributed by atoms with Gasteiger partial charge in [-0.2, -0.15) is 19.0 Å². The van der Waals surface area contributed by atoms with Crippen molar-refractivity contribution in [3.05, 3.63) is 29.7 Å². The molecule has 0 aliphatic heterocycles. The van der Waals surface area contributed by atoms with Crippen molar-refractivity contribution in [3.8, 4) is 0 Å². The number of aromatic nitrogens is 4. The van der Waals surface area contributed by atoms with Crippen LogP contribution in [0.5, 0.6) is 0 Å². The van der Waals surface area contributed by atoms with Crippen molar-refractivity contribution >= 4 is 18.2 Å². The molecule has 0 fully saturated rings. The molecule has 5 nitrogen and oxygen atoms in total. The van der Waals surface area contributed by atoms with Gasteiger partial charge in [-0.15, -0.1) is 12.4 Å². The lowest BCUT2D eigenvalue weighted by atomic mass is 10.4. The van der Waals surface area contributed by atoms with E-state index in [2.05, 4.69) is 15.5 Å². The highest BCUT2D eigenvalue weighted by atomic mass is 35.5. The van der Waals surface area contributed by atoms with Gasteiger partial charge in [0.25, 0.3) is 0 Å². The smallest absolute Gasteiger partial charge is 0.333 e. The number of aryl methyl sites for hydroxylation is 2. The van der Waals surface area contributed by atoms with Gasteiger partial charge in [0.15, 0.2) is 0 Å². The Morgan fingerprint density at radius 1 is 1.42 bits per heavy atom. The molecule has 0 bridgehead atoms. The van der Waals surface area contributed by atoms with Crippen molar-refractivity contribution < 1.29 is 8.78 Å². The molecule has 0 spiro atoms. The van der Waals surface area contributed by atoms with Crippen LogP contribution in [0.4, 0.5) is 14.6 Å². The third kappa shape index (κ3) is 3.44. The van der Waals surface area contributed by atoms with Crippen LogP contribution in [-0.4, -0.2) is 19.6 Å². The van der Waals surface area contributed by atoms with Gasteiger partial charge >= 0.3 is 6.55 Å². The van der Waals surface area contributed by atoms with E-state index in [9.17, 15) is 8.78 Å². The number of hydrogen-bond acceptors (Lipinski definition) is 3. The first-order valence-corrected chi connectivity index (χ1v) is 5.70. The molecule has 8 heteroatoms. The molecule has 2 heterocycles. The summed E-state index contributed by atoms with van der Waals surface area (Å²) in [6, 6.07) is 3.45. The summed E-state index contributed by atoms with van der Waals surface area (Å²) in [5.41, 5.74) is 1.33. The van der Waals surface area contributed by atoms with Crippen molar-refractivity contribution in [2.75, 3.05) is 5.32 Å². The molecule has 19 heavy (non-hydrogen) atoms. The summed E-state index contributed by atoms with van der Waals surface area (Å²) in [4.78, 5) is 0. The molecule has 0 aliphatic rings. The van der Waals surface area contributed by atoms with Crippen LogP contribution in [-0.2, 0) is 13.1 Å². The average Bonchev–Trinajstić information content (AvgIpc) is 2.92. The van der Waals surface area contributed by atoms with E-state index < -0.39 is 6.55 Å². The largest absolute Gasteiger partial charge is 0.365 e. The molecule has 0 aliphatic carbocycles. The Morgan fingerprint density at radius 3 is 2.79 bits per heavy atom. The van der Waals surface area contributed by atoms with E-state index >= 15 is 0 Å².